The molecule has 0 aliphatic carbocycles. The molecule has 0 aliphatic heterocycles. The van der Waals surface area contributed by atoms with E-state index in [2.05, 4.69) is 17.2 Å². The van der Waals surface area contributed by atoms with Crippen molar-refractivity contribution in [2.24, 2.45) is 0 Å². The van der Waals surface area contributed by atoms with Crippen LogP contribution in [0.4, 0.5) is 4.39 Å². The van der Waals surface area contributed by atoms with Gasteiger partial charge >= 0.3 is 0 Å². The van der Waals surface area contributed by atoms with Gasteiger partial charge in [0.2, 0.25) is 0 Å². The average molecular weight is 269 g/mol. The maximum Gasteiger partial charge on any atom is 0.129 e. The molecule has 0 spiro atoms. The number of nitrogens with one attached hydrogen (secondary N) is 1. The molecule has 0 saturated carbocycles. The van der Waals surface area contributed by atoms with Crippen molar-refractivity contribution in [3.63, 3.8) is 0 Å². The van der Waals surface area contributed by atoms with Crippen molar-refractivity contribution in [2.45, 2.75) is 26.4 Å². The smallest absolute Gasteiger partial charge is 0.129 e. The molecule has 1 aromatic heterocycles. The molecule has 3 nitrogen and oxygen atoms in total. The summed E-state index contributed by atoms with van der Waals surface area (Å²) < 4.78 is 13.7. The molecular formula is C16H16FN3. The molecule has 0 bridgehead atoms. The third-order valence-corrected chi connectivity index (χ3v) is 3.16. The molecule has 2 rings (SSSR count). The van der Waals surface area contributed by atoms with Gasteiger partial charge in [0.25, 0.3) is 0 Å². The van der Waals surface area contributed by atoms with E-state index >= 15 is 0 Å². The van der Waals surface area contributed by atoms with Crippen LogP contribution in [0.15, 0.2) is 36.5 Å². The van der Waals surface area contributed by atoms with E-state index in [0.29, 0.717) is 24.2 Å². The van der Waals surface area contributed by atoms with Crippen LogP contribution in [0.2, 0.25) is 0 Å². The molecule has 0 saturated heterocycles. The summed E-state index contributed by atoms with van der Waals surface area (Å²) in [5.41, 5.74) is 3.08. The number of hydrogen-bond donors (Lipinski definition) is 1. The number of nitrogens with zero attached hydrogens (tertiary/aromatic N) is 2. The molecule has 20 heavy (non-hydrogen) atoms. The van der Waals surface area contributed by atoms with Crippen LogP contribution in [-0.4, -0.2) is 4.98 Å². The number of pyridine rings is 1. The van der Waals surface area contributed by atoms with E-state index in [-0.39, 0.29) is 5.82 Å². The summed E-state index contributed by atoms with van der Waals surface area (Å²) in [5.74, 6) is -0.353. The highest BCUT2D eigenvalue weighted by Gasteiger charge is 2.05. The maximum absolute atomic E-state index is 13.7. The lowest BCUT2D eigenvalue weighted by Crippen LogP contribution is -2.16. The Balaban J connectivity index is 1.98. The standard InChI is InChI=1S/C16H16FN3/c1-2-13-4-3-7-20-16(13)11-19-10-14-6-5-12(9-18)8-15(14)17/h3-8,19H,2,10-11H2,1H3. The summed E-state index contributed by atoms with van der Waals surface area (Å²) in [7, 11) is 0. The number of benzene rings is 1. The summed E-state index contributed by atoms with van der Waals surface area (Å²) in [6.45, 7) is 3.10. The summed E-state index contributed by atoms with van der Waals surface area (Å²) >= 11 is 0. The average Bonchev–Trinajstić information content (AvgIpc) is 2.49. The van der Waals surface area contributed by atoms with Gasteiger partial charge in [-0.2, -0.15) is 5.26 Å². The van der Waals surface area contributed by atoms with Gasteiger partial charge in [-0.15, -0.1) is 0 Å². The Hall–Kier alpha value is -2.25. The van der Waals surface area contributed by atoms with Crippen molar-refractivity contribution in [1.29, 1.82) is 5.26 Å². The first-order valence-electron chi connectivity index (χ1n) is 6.56. The topological polar surface area (TPSA) is 48.7 Å². The highest BCUT2D eigenvalue weighted by molar-refractivity contribution is 5.32. The largest absolute Gasteiger partial charge is 0.307 e. The minimum absolute atomic E-state index is 0.337. The molecule has 0 aliphatic rings. The number of halogens is 1. The van der Waals surface area contributed by atoms with Gasteiger partial charge in [0.05, 0.1) is 17.3 Å². The van der Waals surface area contributed by atoms with Crippen LogP contribution in [0.25, 0.3) is 0 Å². The maximum atomic E-state index is 13.7. The van der Waals surface area contributed by atoms with E-state index in [9.17, 15) is 4.39 Å². The van der Waals surface area contributed by atoms with Crippen molar-refractivity contribution >= 4 is 0 Å². The van der Waals surface area contributed by atoms with Crippen LogP contribution in [0.3, 0.4) is 0 Å². The molecule has 0 radical (unpaired) electrons. The summed E-state index contributed by atoms with van der Waals surface area (Å²) in [5, 5.41) is 11.9. The minimum Gasteiger partial charge on any atom is -0.307 e. The molecule has 0 amide bonds. The van der Waals surface area contributed by atoms with Gasteiger partial charge in [-0.3, -0.25) is 4.98 Å². The van der Waals surface area contributed by atoms with Gasteiger partial charge in [-0.1, -0.05) is 19.1 Å². The molecule has 1 heterocycles. The highest BCUT2D eigenvalue weighted by Crippen LogP contribution is 2.11. The van der Waals surface area contributed by atoms with E-state index in [0.717, 1.165) is 12.1 Å². The van der Waals surface area contributed by atoms with Crippen LogP contribution >= 0.6 is 0 Å². The van der Waals surface area contributed by atoms with Crippen molar-refractivity contribution in [1.82, 2.24) is 10.3 Å². The predicted octanol–water partition coefficient (Wildman–Crippen LogP) is 2.94. The first-order valence-corrected chi connectivity index (χ1v) is 6.56. The Kier molecular flexibility index (Phi) is 4.80. The van der Waals surface area contributed by atoms with Gasteiger partial charge in [-0.05, 0) is 30.2 Å². The summed E-state index contributed by atoms with van der Waals surface area (Å²) in [4.78, 5) is 4.33. The van der Waals surface area contributed by atoms with Crippen molar-refractivity contribution in [3.05, 3.63) is 64.7 Å². The van der Waals surface area contributed by atoms with Crippen LogP contribution in [0.5, 0.6) is 0 Å². The molecule has 4 heteroatoms. The third-order valence-electron chi connectivity index (χ3n) is 3.16. The van der Waals surface area contributed by atoms with Gasteiger partial charge in [-0.25, -0.2) is 4.39 Å². The van der Waals surface area contributed by atoms with E-state index in [4.69, 9.17) is 5.26 Å². The number of aromatic nitrogens is 1. The number of rotatable bonds is 5. The first-order chi connectivity index (χ1) is 9.74. The predicted molar refractivity (Wildman–Crippen MR) is 75.3 cm³/mol. The fourth-order valence-corrected chi connectivity index (χ4v) is 2.03. The van der Waals surface area contributed by atoms with Gasteiger partial charge in [0.15, 0.2) is 0 Å². The second kappa shape index (κ2) is 6.78. The fourth-order valence-electron chi connectivity index (χ4n) is 2.03. The van der Waals surface area contributed by atoms with Crippen LogP contribution in [-0.2, 0) is 19.5 Å². The van der Waals surface area contributed by atoms with Crippen LogP contribution in [0, 0.1) is 17.1 Å². The van der Waals surface area contributed by atoms with Crippen molar-refractivity contribution in [3.8, 4) is 6.07 Å². The first kappa shape index (κ1) is 14.2. The Morgan fingerprint density at radius 1 is 1.25 bits per heavy atom. The lowest BCUT2D eigenvalue weighted by Gasteiger charge is -2.09. The van der Waals surface area contributed by atoms with Crippen molar-refractivity contribution < 1.29 is 4.39 Å². The van der Waals surface area contributed by atoms with Gasteiger partial charge in [0.1, 0.15) is 5.82 Å². The van der Waals surface area contributed by atoms with Gasteiger partial charge < -0.3 is 5.32 Å². The quantitative estimate of drug-likeness (QED) is 0.908. The van der Waals surface area contributed by atoms with Crippen molar-refractivity contribution in [2.75, 3.05) is 0 Å². The molecule has 102 valence electrons. The Morgan fingerprint density at radius 3 is 2.80 bits per heavy atom. The molecule has 2 aromatic rings. The minimum atomic E-state index is -0.353. The van der Waals surface area contributed by atoms with E-state index in [1.807, 2.05) is 18.2 Å². The molecule has 0 fully saturated rings. The highest BCUT2D eigenvalue weighted by atomic mass is 19.1. The summed E-state index contributed by atoms with van der Waals surface area (Å²) in [6.07, 6.45) is 2.69. The number of hydrogen-bond acceptors (Lipinski definition) is 3. The molecule has 0 atom stereocenters. The monoisotopic (exact) mass is 269 g/mol. The molecule has 0 unspecified atom stereocenters. The Bertz CT molecular complexity index is 632. The number of nitriles is 1. The van der Waals surface area contributed by atoms with E-state index < -0.39 is 0 Å². The zero-order chi connectivity index (χ0) is 14.4. The normalized spacial score (nSPS) is 10.2. The lowest BCUT2D eigenvalue weighted by atomic mass is 10.1. The second-order valence-corrected chi connectivity index (χ2v) is 4.48. The zero-order valence-corrected chi connectivity index (χ0v) is 11.4. The Labute approximate surface area is 118 Å². The third kappa shape index (κ3) is 3.40. The Morgan fingerprint density at radius 2 is 2.10 bits per heavy atom. The SMILES string of the molecule is CCc1cccnc1CNCc1ccc(C#N)cc1F. The molecular weight excluding hydrogens is 253 g/mol. The molecule has 1 aromatic carbocycles. The second-order valence-electron chi connectivity index (χ2n) is 4.48. The molecule has 1 N–H and O–H groups in total. The van der Waals surface area contributed by atoms with Crippen LogP contribution in [0.1, 0.15) is 29.3 Å². The van der Waals surface area contributed by atoms with E-state index in [1.165, 1.54) is 11.6 Å². The number of aryl methyl sites for hydroxylation is 1. The van der Waals surface area contributed by atoms with E-state index in [1.54, 1.807) is 18.3 Å². The fraction of sp³-hybridized carbons (Fsp3) is 0.250. The lowest BCUT2D eigenvalue weighted by molar-refractivity contribution is 0.584. The summed E-state index contributed by atoms with van der Waals surface area (Å²) in [6, 6.07) is 10.4. The zero-order valence-electron chi connectivity index (χ0n) is 11.4. The van der Waals surface area contributed by atoms with Crippen LogP contribution < -0.4 is 5.32 Å². The van der Waals surface area contributed by atoms with Gasteiger partial charge in [0, 0.05) is 24.8 Å².